The zero-order chi connectivity index (χ0) is 19.1. The van der Waals surface area contributed by atoms with Crippen molar-refractivity contribution in [2.24, 2.45) is 0 Å². The van der Waals surface area contributed by atoms with Crippen LogP contribution in [0.15, 0.2) is 78.9 Å². The minimum absolute atomic E-state index is 0.143. The Hall–Kier alpha value is -2.56. The molecule has 4 heteroatoms. The Kier molecular flexibility index (Phi) is 6.69. The molecule has 0 aliphatic heterocycles. The van der Waals surface area contributed by atoms with E-state index in [4.69, 9.17) is 0 Å². The monoisotopic (exact) mass is 367 g/mol. The topological polar surface area (TPSA) is 23.5 Å². The third kappa shape index (κ3) is 5.46. The number of hydrogen-bond acceptors (Lipinski definition) is 2. The van der Waals surface area contributed by atoms with E-state index in [1.807, 2.05) is 60.7 Å². The smallest absolute Gasteiger partial charge is 0.126 e. The quantitative estimate of drug-likeness (QED) is 0.630. The van der Waals surface area contributed by atoms with Gasteiger partial charge in [-0.3, -0.25) is 4.90 Å². The second-order valence-electron chi connectivity index (χ2n) is 6.65. The summed E-state index contributed by atoms with van der Waals surface area (Å²) in [5.41, 5.74) is 2.48. The van der Waals surface area contributed by atoms with Gasteiger partial charge in [0.05, 0.1) is 6.61 Å². The highest BCUT2D eigenvalue weighted by molar-refractivity contribution is 5.21. The van der Waals surface area contributed by atoms with Gasteiger partial charge in [0.25, 0.3) is 0 Å². The molecule has 1 unspecified atom stereocenters. The molecule has 3 aromatic rings. The maximum atomic E-state index is 14.1. The molecule has 0 saturated heterocycles. The zero-order valence-corrected chi connectivity index (χ0v) is 15.1. The average molecular weight is 367 g/mol. The first-order valence-electron chi connectivity index (χ1n) is 9.02. The lowest BCUT2D eigenvalue weighted by Crippen LogP contribution is -2.39. The number of aliphatic hydroxyl groups is 1. The van der Waals surface area contributed by atoms with Crippen LogP contribution in [0, 0.1) is 11.6 Å². The van der Waals surface area contributed by atoms with Gasteiger partial charge in [-0.15, -0.1) is 0 Å². The van der Waals surface area contributed by atoms with Crippen LogP contribution in [0.4, 0.5) is 8.78 Å². The molecule has 3 aromatic carbocycles. The summed E-state index contributed by atoms with van der Waals surface area (Å²) in [6, 6.07) is 23.0. The van der Waals surface area contributed by atoms with Gasteiger partial charge in [-0.25, -0.2) is 8.78 Å². The van der Waals surface area contributed by atoms with E-state index in [1.165, 1.54) is 6.07 Å². The first-order chi connectivity index (χ1) is 13.2. The maximum absolute atomic E-state index is 14.1. The van der Waals surface area contributed by atoms with Crippen LogP contribution in [0.25, 0.3) is 0 Å². The Morgan fingerprint density at radius 1 is 0.778 bits per heavy atom. The van der Waals surface area contributed by atoms with Gasteiger partial charge in [-0.1, -0.05) is 60.7 Å². The summed E-state index contributed by atoms with van der Waals surface area (Å²) in [7, 11) is 0. The lowest BCUT2D eigenvalue weighted by molar-refractivity contribution is 0.109. The molecule has 2 nitrogen and oxygen atoms in total. The first kappa shape index (κ1) is 19.2. The molecule has 0 heterocycles. The Bertz CT molecular complexity index is 798. The number of halogens is 2. The summed E-state index contributed by atoms with van der Waals surface area (Å²) < 4.78 is 27.7. The van der Waals surface area contributed by atoms with Crippen LogP contribution in [0.3, 0.4) is 0 Å². The molecule has 0 aliphatic carbocycles. The molecule has 27 heavy (non-hydrogen) atoms. The summed E-state index contributed by atoms with van der Waals surface area (Å²) in [5, 5.41) is 10.0. The fourth-order valence-electron chi connectivity index (χ4n) is 3.21. The van der Waals surface area contributed by atoms with Gasteiger partial charge < -0.3 is 5.11 Å². The van der Waals surface area contributed by atoms with E-state index in [0.29, 0.717) is 13.1 Å². The molecule has 1 atom stereocenters. The lowest BCUT2D eigenvalue weighted by atomic mass is 10.0. The summed E-state index contributed by atoms with van der Waals surface area (Å²) >= 11 is 0. The number of aliphatic hydroxyl groups excluding tert-OH is 1. The Morgan fingerprint density at radius 2 is 1.33 bits per heavy atom. The van der Waals surface area contributed by atoms with Gasteiger partial charge in [0.1, 0.15) is 11.6 Å². The second kappa shape index (κ2) is 9.40. The van der Waals surface area contributed by atoms with Crippen molar-refractivity contribution in [1.29, 1.82) is 0 Å². The van der Waals surface area contributed by atoms with E-state index in [2.05, 4.69) is 4.90 Å². The molecule has 0 aliphatic rings. The van der Waals surface area contributed by atoms with Crippen LogP contribution >= 0.6 is 0 Å². The van der Waals surface area contributed by atoms with Crippen molar-refractivity contribution in [3.05, 3.63) is 107 Å². The highest BCUT2D eigenvalue weighted by Crippen LogP contribution is 2.19. The Balaban J connectivity index is 1.85. The Morgan fingerprint density at radius 3 is 1.85 bits per heavy atom. The summed E-state index contributed by atoms with van der Waals surface area (Å²) in [6.07, 6.45) is 0.236. The van der Waals surface area contributed by atoms with Gasteiger partial charge in [0, 0.05) is 19.1 Å². The molecule has 0 amide bonds. The van der Waals surface area contributed by atoms with Crippen molar-refractivity contribution in [3.8, 4) is 0 Å². The van der Waals surface area contributed by atoms with Crippen molar-refractivity contribution < 1.29 is 13.9 Å². The molecular formula is C23H23F2NO. The molecule has 3 rings (SSSR count). The van der Waals surface area contributed by atoms with Crippen molar-refractivity contribution in [1.82, 2.24) is 4.90 Å². The van der Waals surface area contributed by atoms with Crippen molar-refractivity contribution >= 4 is 0 Å². The highest BCUT2D eigenvalue weighted by Gasteiger charge is 2.21. The van der Waals surface area contributed by atoms with E-state index in [-0.39, 0.29) is 24.6 Å². The number of rotatable bonds is 8. The third-order valence-electron chi connectivity index (χ3n) is 4.65. The average Bonchev–Trinajstić information content (AvgIpc) is 2.70. The molecule has 0 saturated carbocycles. The molecule has 0 radical (unpaired) electrons. The molecule has 0 aromatic heterocycles. The normalized spacial score (nSPS) is 12.3. The van der Waals surface area contributed by atoms with Gasteiger partial charge in [-0.05, 0) is 41.3 Å². The fourth-order valence-corrected chi connectivity index (χ4v) is 3.21. The van der Waals surface area contributed by atoms with Crippen molar-refractivity contribution in [2.45, 2.75) is 25.6 Å². The molecule has 0 fully saturated rings. The summed E-state index contributed by atoms with van der Waals surface area (Å²) in [5.74, 6) is -0.921. The first-order valence-corrected chi connectivity index (χ1v) is 9.02. The standard InChI is InChI=1S/C23H23F2NO/c24-21-11-12-23(25)20(13-21)14-22(17-27)26(15-18-7-3-1-4-8-18)16-19-9-5-2-6-10-19/h1-13,22,27H,14-17H2. The molecule has 0 spiro atoms. The van der Waals surface area contributed by atoms with Gasteiger partial charge in [0.15, 0.2) is 0 Å². The van der Waals surface area contributed by atoms with Gasteiger partial charge in [-0.2, -0.15) is 0 Å². The molecule has 1 N–H and O–H groups in total. The predicted octanol–water partition coefficient (Wildman–Crippen LogP) is 4.57. The van der Waals surface area contributed by atoms with Crippen molar-refractivity contribution in [2.75, 3.05) is 6.61 Å². The number of hydrogen-bond donors (Lipinski definition) is 1. The van der Waals surface area contributed by atoms with E-state index in [9.17, 15) is 13.9 Å². The molecule has 0 bridgehead atoms. The van der Waals surface area contributed by atoms with Crippen LogP contribution in [0.2, 0.25) is 0 Å². The minimum Gasteiger partial charge on any atom is -0.395 e. The van der Waals surface area contributed by atoms with Crippen LogP contribution < -0.4 is 0 Å². The van der Waals surface area contributed by atoms with Crippen LogP contribution in [0.1, 0.15) is 16.7 Å². The van der Waals surface area contributed by atoms with Crippen LogP contribution in [0.5, 0.6) is 0 Å². The van der Waals surface area contributed by atoms with E-state index < -0.39 is 11.6 Å². The van der Waals surface area contributed by atoms with E-state index in [0.717, 1.165) is 23.3 Å². The number of nitrogens with zero attached hydrogens (tertiary/aromatic N) is 1. The molecular weight excluding hydrogens is 344 g/mol. The van der Waals surface area contributed by atoms with E-state index >= 15 is 0 Å². The minimum atomic E-state index is -0.472. The van der Waals surface area contributed by atoms with E-state index in [1.54, 1.807) is 0 Å². The SMILES string of the molecule is OCC(Cc1cc(F)ccc1F)N(Cc1ccccc1)Cc1ccccc1. The van der Waals surface area contributed by atoms with Crippen molar-refractivity contribution in [3.63, 3.8) is 0 Å². The second-order valence-corrected chi connectivity index (χ2v) is 6.65. The predicted molar refractivity (Wildman–Crippen MR) is 103 cm³/mol. The van der Waals surface area contributed by atoms with Crippen LogP contribution in [-0.4, -0.2) is 22.7 Å². The summed E-state index contributed by atoms with van der Waals surface area (Å²) in [4.78, 5) is 2.11. The Labute approximate surface area is 158 Å². The summed E-state index contributed by atoms with van der Waals surface area (Å²) in [6.45, 7) is 1.07. The highest BCUT2D eigenvalue weighted by atomic mass is 19.1. The number of benzene rings is 3. The molecule has 140 valence electrons. The third-order valence-corrected chi connectivity index (χ3v) is 4.65. The van der Waals surface area contributed by atoms with Crippen LogP contribution in [-0.2, 0) is 19.5 Å². The zero-order valence-electron chi connectivity index (χ0n) is 15.1. The van der Waals surface area contributed by atoms with Gasteiger partial charge >= 0.3 is 0 Å². The van der Waals surface area contributed by atoms with Gasteiger partial charge in [0.2, 0.25) is 0 Å². The lowest BCUT2D eigenvalue weighted by Gasteiger charge is -2.31. The fraction of sp³-hybridized carbons (Fsp3) is 0.217. The maximum Gasteiger partial charge on any atom is 0.126 e. The largest absolute Gasteiger partial charge is 0.395 e.